The van der Waals surface area contributed by atoms with E-state index < -0.39 is 0 Å². The minimum Gasteiger partial charge on any atom is -0.381 e. The summed E-state index contributed by atoms with van der Waals surface area (Å²) in [5.74, 6) is 0.471. The van der Waals surface area contributed by atoms with Crippen molar-refractivity contribution < 1.29 is 4.74 Å². The minimum absolute atomic E-state index is 0.223. The molecule has 2 atom stereocenters. The number of hydrogen-bond donors (Lipinski definition) is 6. The van der Waals surface area contributed by atoms with Crippen LogP contribution in [0.25, 0.3) is 0 Å². The van der Waals surface area contributed by atoms with Crippen LogP contribution >= 0.6 is 0 Å². The van der Waals surface area contributed by atoms with Gasteiger partial charge in [-0.2, -0.15) is 0 Å². The predicted molar refractivity (Wildman–Crippen MR) is 96.7 cm³/mol. The lowest BCUT2D eigenvalue weighted by Gasteiger charge is -2.25. The van der Waals surface area contributed by atoms with E-state index in [-0.39, 0.29) is 6.17 Å². The van der Waals surface area contributed by atoms with Gasteiger partial charge in [0.25, 0.3) is 0 Å². The SMILES string of the molecule is C1CN(c2c(C3CCOC3)[nH]c(C3CNCN3)c2C2NCCN2)CN1. The van der Waals surface area contributed by atoms with Crippen molar-refractivity contribution in [2.75, 3.05) is 64.2 Å². The van der Waals surface area contributed by atoms with Gasteiger partial charge in [0.1, 0.15) is 0 Å². The molecule has 0 spiro atoms. The molecule has 1 aromatic heterocycles. The molecule has 25 heavy (non-hydrogen) atoms. The summed E-state index contributed by atoms with van der Waals surface area (Å²) in [6.07, 6.45) is 1.33. The number of hydrogen-bond acceptors (Lipinski definition) is 7. The lowest BCUT2D eigenvalue weighted by Crippen LogP contribution is -2.29. The largest absolute Gasteiger partial charge is 0.381 e. The van der Waals surface area contributed by atoms with Crippen molar-refractivity contribution in [3.63, 3.8) is 0 Å². The van der Waals surface area contributed by atoms with Gasteiger partial charge in [-0.1, -0.05) is 0 Å². The summed E-state index contributed by atoms with van der Waals surface area (Å²) in [4.78, 5) is 6.36. The van der Waals surface area contributed by atoms with Crippen LogP contribution < -0.4 is 31.5 Å². The van der Waals surface area contributed by atoms with E-state index in [1.54, 1.807) is 0 Å². The van der Waals surface area contributed by atoms with Crippen molar-refractivity contribution >= 4 is 5.69 Å². The third-order valence-corrected chi connectivity index (χ3v) is 5.87. The molecule has 8 heteroatoms. The molecule has 2 unspecified atom stereocenters. The Balaban J connectivity index is 1.62. The van der Waals surface area contributed by atoms with Gasteiger partial charge >= 0.3 is 0 Å². The fourth-order valence-corrected chi connectivity index (χ4v) is 4.61. The van der Waals surface area contributed by atoms with Crippen LogP contribution in [0.1, 0.15) is 41.5 Å². The molecule has 4 aliphatic heterocycles. The Bertz CT molecular complexity index is 544. The van der Waals surface area contributed by atoms with E-state index in [9.17, 15) is 0 Å². The summed E-state index contributed by atoms with van der Waals surface area (Å²) in [6.45, 7) is 8.62. The normalized spacial score (nSPS) is 30.8. The maximum absolute atomic E-state index is 5.72. The second-order valence-corrected chi connectivity index (χ2v) is 7.43. The number of aromatic amines is 1. The zero-order chi connectivity index (χ0) is 16.6. The Labute approximate surface area is 148 Å². The van der Waals surface area contributed by atoms with Crippen molar-refractivity contribution in [3.05, 3.63) is 17.0 Å². The van der Waals surface area contributed by atoms with Crippen LogP contribution in [-0.4, -0.2) is 64.3 Å². The Morgan fingerprint density at radius 3 is 2.60 bits per heavy atom. The predicted octanol–water partition coefficient (Wildman–Crippen LogP) is -0.731. The van der Waals surface area contributed by atoms with Gasteiger partial charge in [-0.3, -0.25) is 21.3 Å². The van der Waals surface area contributed by atoms with Crippen molar-refractivity contribution in [2.24, 2.45) is 0 Å². The van der Waals surface area contributed by atoms with Gasteiger partial charge in [-0.25, -0.2) is 0 Å². The van der Waals surface area contributed by atoms with E-state index in [2.05, 4.69) is 36.5 Å². The molecular formula is C17H29N7O. The van der Waals surface area contributed by atoms with E-state index in [0.717, 1.165) is 65.7 Å². The highest BCUT2D eigenvalue weighted by Crippen LogP contribution is 2.42. The van der Waals surface area contributed by atoms with E-state index in [1.807, 2.05) is 0 Å². The number of anilines is 1. The zero-order valence-electron chi connectivity index (χ0n) is 14.7. The summed E-state index contributed by atoms with van der Waals surface area (Å²) >= 11 is 0. The molecule has 138 valence electrons. The maximum atomic E-state index is 5.72. The zero-order valence-corrected chi connectivity index (χ0v) is 14.7. The van der Waals surface area contributed by atoms with Crippen molar-refractivity contribution in [1.82, 2.24) is 31.6 Å². The fourth-order valence-electron chi connectivity index (χ4n) is 4.61. The fraction of sp³-hybridized carbons (Fsp3) is 0.765. The number of nitrogens with one attached hydrogen (secondary N) is 6. The second-order valence-electron chi connectivity index (χ2n) is 7.43. The Morgan fingerprint density at radius 1 is 1.00 bits per heavy atom. The first-order valence-corrected chi connectivity index (χ1v) is 9.62. The van der Waals surface area contributed by atoms with Crippen molar-refractivity contribution in [3.8, 4) is 0 Å². The molecule has 6 N–H and O–H groups in total. The van der Waals surface area contributed by atoms with E-state index in [1.165, 1.54) is 22.6 Å². The first-order chi connectivity index (χ1) is 12.4. The third-order valence-electron chi connectivity index (χ3n) is 5.87. The molecule has 0 radical (unpaired) electrons. The lowest BCUT2D eigenvalue weighted by molar-refractivity contribution is 0.193. The van der Waals surface area contributed by atoms with E-state index in [0.29, 0.717) is 12.0 Å². The van der Waals surface area contributed by atoms with Gasteiger partial charge in [0.2, 0.25) is 0 Å². The molecule has 5 heterocycles. The molecule has 0 saturated carbocycles. The van der Waals surface area contributed by atoms with E-state index >= 15 is 0 Å². The summed E-state index contributed by atoms with van der Waals surface area (Å²) < 4.78 is 5.72. The van der Waals surface area contributed by atoms with Gasteiger partial charge in [-0.15, -0.1) is 0 Å². The van der Waals surface area contributed by atoms with Crippen molar-refractivity contribution in [2.45, 2.75) is 24.5 Å². The topological polar surface area (TPSA) is 88.4 Å². The van der Waals surface area contributed by atoms with Crippen LogP contribution in [0, 0.1) is 0 Å². The molecule has 1 aromatic rings. The Kier molecular flexibility index (Phi) is 4.41. The first kappa shape index (κ1) is 16.0. The maximum Gasteiger partial charge on any atom is 0.0875 e. The smallest absolute Gasteiger partial charge is 0.0875 e. The third kappa shape index (κ3) is 2.87. The second kappa shape index (κ2) is 6.86. The molecule has 4 aliphatic rings. The van der Waals surface area contributed by atoms with Crippen LogP contribution in [0.4, 0.5) is 5.69 Å². The summed E-state index contributed by atoms with van der Waals surface area (Å²) in [7, 11) is 0. The van der Waals surface area contributed by atoms with Gasteiger partial charge in [-0.05, 0) is 6.42 Å². The van der Waals surface area contributed by atoms with Gasteiger partial charge in [0.15, 0.2) is 0 Å². The molecule has 0 aromatic carbocycles. The Hall–Kier alpha value is -1.16. The van der Waals surface area contributed by atoms with Crippen LogP contribution in [0.2, 0.25) is 0 Å². The number of ether oxygens (including phenoxy) is 1. The minimum atomic E-state index is 0.223. The lowest BCUT2D eigenvalue weighted by atomic mass is 10.00. The van der Waals surface area contributed by atoms with Crippen LogP contribution in [0.15, 0.2) is 0 Å². The average molecular weight is 347 g/mol. The number of H-pyrrole nitrogens is 1. The highest BCUT2D eigenvalue weighted by molar-refractivity contribution is 5.64. The standard InChI is InChI=1S/C17H29N7O/c1-6-25-8-11(1)14-16(24-5-4-18-10-24)13(17-20-2-3-21-17)15(23-14)12-7-19-9-22-12/h11-12,17-23H,1-10H2. The molecule has 0 amide bonds. The summed E-state index contributed by atoms with van der Waals surface area (Å²) in [6, 6.07) is 0.338. The number of rotatable bonds is 4. The number of aromatic nitrogens is 1. The van der Waals surface area contributed by atoms with Gasteiger partial charge in [0, 0.05) is 68.9 Å². The molecule has 4 fully saturated rings. The highest BCUT2D eigenvalue weighted by atomic mass is 16.5. The Morgan fingerprint density at radius 2 is 1.92 bits per heavy atom. The molecule has 5 rings (SSSR count). The van der Waals surface area contributed by atoms with Crippen molar-refractivity contribution in [1.29, 1.82) is 0 Å². The van der Waals surface area contributed by atoms with Gasteiger partial charge in [0.05, 0.1) is 31.2 Å². The highest BCUT2D eigenvalue weighted by Gasteiger charge is 2.36. The molecule has 8 nitrogen and oxygen atoms in total. The van der Waals surface area contributed by atoms with Crippen LogP contribution in [0.5, 0.6) is 0 Å². The molecule has 0 bridgehead atoms. The molecule has 0 aliphatic carbocycles. The van der Waals surface area contributed by atoms with E-state index in [4.69, 9.17) is 4.74 Å². The summed E-state index contributed by atoms with van der Waals surface area (Å²) in [5, 5.41) is 17.8. The van der Waals surface area contributed by atoms with Gasteiger partial charge < -0.3 is 19.9 Å². The van der Waals surface area contributed by atoms with Crippen LogP contribution in [-0.2, 0) is 4.74 Å². The first-order valence-electron chi connectivity index (χ1n) is 9.62. The number of nitrogens with zero attached hydrogens (tertiary/aromatic N) is 1. The van der Waals surface area contributed by atoms with Crippen LogP contribution in [0.3, 0.4) is 0 Å². The monoisotopic (exact) mass is 347 g/mol. The summed E-state index contributed by atoms with van der Waals surface area (Å²) in [5.41, 5.74) is 5.51. The average Bonchev–Trinajstić information content (AvgIpc) is 3.48. The molecular weight excluding hydrogens is 318 g/mol. The quantitative estimate of drug-likeness (QED) is 0.428. The molecule has 4 saturated heterocycles.